The Bertz CT molecular complexity index is 464. The zero-order chi connectivity index (χ0) is 13.1. The van der Waals surface area contributed by atoms with Gasteiger partial charge in [0, 0.05) is 18.6 Å². The Morgan fingerprint density at radius 1 is 1.47 bits per heavy atom. The molecule has 98 valence electrons. The summed E-state index contributed by atoms with van der Waals surface area (Å²) >= 11 is 0. The van der Waals surface area contributed by atoms with Crippen molar-refractivity contribution in [3.63, 3.8) is 0 Å². The summed E-state index contributed by atoms with van der Waals surface area (Å²) in [5, 5.41) is 8.87. The molecule has 0 fully saturated rings. The van der Waals surface area contributed by atoms with Crippen molar-refractivity contribution in [1.82, 2.24) is 4.72 Å². The van der Waals surface area contributed by atoms with E-state index in [0.29, 0.717) is 5.76 Å². The minimum Gasteiger partial charge on any atom is -0.447 e. The lowest BCUT2D eigenvalue weighted by Crippen LogP contribution is -2.35. The van der Waals surface area contributed by atoms with Gasteiger partial charge in [-0.25, -0.2) is 13.1 Å². The summed E-state index contributed by atoms with van der Waals surface area (Å²) in [6.45, 7) is 3.68. The van der Waals surface area contributed by atoms with Crippen molar-refractivity contribution in [3.8, 4) is 0 Å². The van der Waals surface area contributed by atoms with Crippen LogP contribution in [-0.4, -0.2) is 26.7 Å². The standard InChI is InChI=1S/C10H18N2O4S/c1-10(2,7-13)6-12-17(14,15)9-4-3-8(5-11)16-9/h3-4,12-13H,5-7,11H2,1-2H3. The summed E-state index contributed by atoms with van der Waals surface area (Å²) in [6.07, 6.45) is 0. The largest absolute Gasteiger partial charge is 0.447 e. The summed E-state index contributed by atoms with van der Waals surface area (Å²) in [4.78, 5) is 0. The second-order valence-electron chi connectivity index (χ2n) is 4.57. The van der Waals surface area contributed by atoms with Gasteiger partial charge in [0.25, 0.3) is 10.0 Å². The number of hydrogen-bond donors (Lipinski definition) is 3. The zero-order valence-electron chi connectivity index (χ0n) is 9.93. The van der Waals surface area contributed by atoms with Crippen molar-refractivity contribution in [2.24, 2.45) is 11.1 Å². The molecule has 17 heavy (non-hydrogen) atoms. The van der Waals surface area contributed by atoms with Crippen LogP contribution in [0.4, 0.5) is 0 Å². The van der Waals surface area contributed by atoms with E-state index in [1.165, 1.54) is 12.1 Å². The average molecular weight is 262 g/mol. The summed E-state index contributed by atoms with van der Waals surface area (Å²) in [5.41, 5.74) is 4.81. The molecule has 1 heterocycles. The van der Waals surface area contributed by atoms with E-state index in [-0.39, 0.29) is 24.8 Å². The highest BCUT2D eigenvalue weighted by Gasteiger charge is 2.23. The molecule has 0 aliphatic carbocycles. The highest BCUT2D eigenvalue weighted by atomic mass is 32.2. The molecule has 1 aromatic heterocycles. The molecule has 0 bridgehead atoms. The molecule has 1 rings (SSSR count). The van der Waals surface area contributed by atoms with Crippen LogP contribution in [0.1, 0.15) is 19.6 Å². The van der Waals surface area contributed by atoms with Crippen molar-refractivity contribution in [2.45, 2.75) is 25.5 Å². The summed E-state index contributed by atoms with van der Waals surface area (Å²) in [5.74, 6) is 0.409. The normalized spacial score (nSPS) is 12.9. The van der Waals surface area contributed by atoms with E-state index in [2.05, 4.69) is 4.72 Å². The predicted octanol–water partition coefficient (Wildman–Crippen LogP) is 0.0351. The van der Waals surface area contributed by atoms with Gasteiger partial charge in [0.15, 0.2) is 0 Å². The third-order valence-electron chi connectivity index (χ3n) is 2.27. The maximum atomic E-state index is 11.8. The molecule has 0 unspecified atom stereocenters. The number of nitrogens with two attached hydrogens (primary N) is 1. The number of aliphatic hydroxyl groups is 1. The van der Waals surface area contributed by atoms with Gasteiger partial charge in [-0.1, -0.05) is 13.8 Å². The molecule has 1 aromatic rings. The lowest BCUT2D eigenvalue weighted by molar-refractivity contribution is 0.163. The summed E-state index contributed by atoms with van der Waals surface area (Å²) < 4.78 is 31.0. The maximum Gasteiger partial charge on any atom is 0.273 e. The van der Waals surface area contributed by atoms with Gasteiger partial charge < -0.3 is 15.3 Å². The number of sulfonamides is 1. The molecule has 6 nitrogen and oxygen atoms in total. The molecule has 0 amide bonds. The van der Waals surface area contributed by atoms with Crippen molar-refractivity contribution in [2.75, 3.05) is 13.2 Å². The third-order valence-corrected chi connectivity index (χ3v) is 3.55. The topological polar surface area (TPSA) is 106 Å². The van der Waals surface area contributed by atoms with Gasteiger partial charge in [0.2, 0.25) is 5.09 Å². The lowest BCUT2D eigenvalue weighted by Gasteiger charge is -2.21. The molecule has 0 aromatic carbocycles. The number of furan rings is 1. The van der Waals surface area contributed by atoms with Crippen LogP contribution < -0.4 is 10.5 Å². The smallest absolute Gasteiger partial charge is 0.273 e. The Morgan fingerprint density at radius 3 is 2.59 bits per heavy atom. The third kappa shape index (κ3) is 3.81. The molecule has 0 aliphatic heterocycles. The van der Waals surface area contributed by atoms with Gasteiger partial charge in [0.1, 0.15) is 5.76 Å². The van der Waals surface area contributed by atoms with Gasteiger partial charge in [0.05, 0.1) is 6.54 Å². The van der Waals surface area contributed by atoms with Crippen LogP contribution in [0.2, 0.25) is 0 Å². The van der Waals surface area contributed by atoms with E-state index in [1.807, 2.05) is 0 Å². The van der Waals surface area contributed by atoms with E-state index >= 15 is 0 Å². The van der Waals surface area contributed by atoms with Crippen molar-refractivity contribution < 1.29 is 17.9 Å². The van der Waals surface area contributed by atoms with Gasteiger partial charge in [-0.15, -0.1) is 0 Å². The fourth-order valence-electron chi connectivity index (χ4n) is 1.03. The van der Waals surface area contributed by atoms with Crippen LogP contribution >= 0.6 is 0 Å². The zero-order valence-corrected chi connectivity index (χ0v) is 10.8. The van der Waals surface area contributed by atoms with Crippen molar-refractivity contribution in [3.05, 3.63) is 17.9 Å². The molecule has 0 radical (unpaired) electrons. The van der Waals surface area contributed by atoms with Gasteiger partial charge >= 0.3 is 0 Å². The first kappa shape index (κ1) is 14.2. The fraction of sp³-hybridized carbons (Fsp3) is 0.600. The summed E-state index contributed by atoms with van der Waals surface area (Å²) in [6, 6.07) is 2.88. The Labute approximate surface area is 101 Å². The second kappa shape index (κ2) is 5.18. The quantitative estimate of drug-likeness (QED) is 0.671. The molecule has 0 atom stereocenters. The average Bonchev–Trinajstić information content (AvgIpc) is 2.76. The molecular formula is C10H18N2O4S. The molecule has 0 saturated heterocycles. The Balaban J connectivity index is 2.76. The van der Waals surface area contributed by atoms with Crippen LogP contribution in [0.5, 0.6) is 0 Å². The minimum absolute atomic E-state index is 0.109. The highest BCUT2D eigenvalue weighted by molar-refractivity contribution is 7.89. The van der Waals surface area contributed by atoms with Crippen molar-refractivity contribution >= 4 is 10.0 Å². The molecule has 0 saturated carbocycles. The molecule has 7 heteroatoms. The first-order chi connectivity index (χ1) is 7.80. The first-order valence-electron chi connectivity index (χ1n) is 5.20. The number of rotatable bonds is 6. The summed E-state index contributed by atoms with van der Waals surface area (Å²) in [7, 11) is -3.68. The van der Waals surface area contributed by atoms with Gasteiger partial charge in [-0.3, -0.25) is 0 Å². The molecular weight excluding hydrogens is 244 g/mol. The highest BCUT2D eigenvalue weighted by Crippen LogP contribution is 2.16. The van der Waals surface area contributed by atoms with Crippen molar-refractivity contribution in [1.29, 1.82) is 0 Å². The fourth-order valence-corrected chi connectivity index (χ4v) is 2.22. The molecule has 0 aliphatic rings. The van der Waals surface area contributed by atoms with Crippen LogP contribution in [0.3, 0.4) is 0 Å². The van der Waals surface area contributed by atoms with E-state index in [4.69, 9.17) is 15.3 Å². The van der Waals surface area contributed by atoms with Gasteiger partial charge in [-0.05, 0) is 12.1 Å². The molecule has 0 spiro atoms. The minimum atomic E-state index is -3.68. The lowest BCUT2D eigenvalue weighted by atomic mass is 9.96. The molecule has 4 N–H and O–H groups in total. The van der Waals surface area contributed by atoms with E-state index in [0.717, 1.165) is 0 Å². The number of aliphatic hydroxyl groups excluding tert-OH is 1. The second-order valence-corrected chi connectivity index (χ2v) is 6.27. The number of nitrogens with one attached hydrogen (secondary N) is 1. The monoisotopic (exact) mass is 262 g/mol. The Hall–Kier alpha value is -0.890. The van der Waals surface area contributed by atoms with Crippen LogP contribution in [0.25, 0.3) is 0 Å². The Kier molecular flexibility index (Phi) is 4.31. The Morgan fingerprint density at radius 2 is 2.12 bits per heavy atom. The van der Waals surface area contributed by atoms with E-state index in [9.17, 15) is 8.42 Å². The van der Waals surface area contributed by atoms with Crippen LogP contribution in [0.15, 0.2) is 21.6 Å². The van der Waals surface area contributed by atoms with Gasteiger partial charge in [-0.2, -0.15) is 0 Å². The first-order valence-corrected chi connectivity index (χ1v) is 6.68. The number of hydrogen-bond acceptors (Lipinski definition) is 5. The van der Waals surface area contributed by atoms with Crippen LogP contribution in [0, 0.1) is 5.41 Å². The SMILES string of the molecule is CC(C)(CO)CNS(=O)(=O)c1ccc(CN)o1. The van der Waals surface area contributed by atoms with E-state index in [1.54, 1.807) is 13.8 Å². The van der Waals surface area contributed by atoms with Crippen LogP contribution in [-0.2, 0) is 16.6 Å². The maximum absolute atomic E-state index is 11.8. The van der Waals surface area contributed by atoms with E-state index < -0.39 is 15.4 Å². The predicted molar refractivity (Wildman–Crippen MR) is 62.7 cm³/mol.